The summed E-state index contributed by atoms with van der Waals surface area (Å²) < 4.78 is 16.0. The first-order valence-corrected chi connectivity index (χ1v) is 9.12. The van der Waals surface area contributed by atoms with Crippen molar-refractivity contribution in [1.82, 2.24) is 4.98 Å². The number of benzene rings is 2. The Balaban J connectivity index is 1.53. The van der Waals surface area contributed by atoms with Crippen molar-refractivity contribution in [3.63, 3.8) is 0 Å². The summed E-state index contributed by atoms with van der Waals surface area (Å²) in [6, 6.07) is 11.7. The van der Waals surface area contributed by atoms with Crippen LogP contribution in [0.25, 0.3) is 0 Å². The summed E-state index contributed by atoms with van der Waals surface area (Å²) in [5.41, 5.74) is 1.58. The van der Waals surface area contributed by atoms with Gasteiger partial charge in [-0.1, -0.05) is 12.1 Å². The first kappa shape index (κ1) is 19.5. The first-order valence-electron chi connectivity index (χ1n) is 9.12. The molecule has 9 nitrogen and oxygen atoms in total. The van der Waals surface area contributed by atoms with Crippen molar-refractivity contribution < 1.29 is 28.6 Å². The lowest BCUT2D eigenvalue weighted by Crippen LogP contribution is -2.25. The highest BCUT2D eigenvalue weighted by molar-refractivity contribution is 6.04. The molecule has 1 aliphatic heterocycles. The summed E-state index contributed by atoms with van der Waals surface area (Å²) in [5.74, 6) is 0.574. The Kier molecular flexibility index (Phi) is 5.11. The van der Waals surface area contributed by atoms with Crippen LogP contribution in [0.2, 0.25) is 0 Å². The largest absolute Gasteiger partial charge is 0.497 e. The van der Waals surface area contributed by atoms with E-state index in [0.717, 1.165) is 0 Å². The molecular weight excluding hydrogens is 390 g/mol. The third-order valence-corrected chi connectivity index (χ3v) is 4.54. The van der Waals surface area contributed by atoms with E-state index in [2.05, 4.69) is 15.6 Å². The molecule has 1 unspecified atom stereocenters. The Labute approximate surface area is 171 Å². The molecule has 1 aromatic heterocycles. The normalized spacial score (nSPS) is 13.6. The summed E-state index contributed by atoms with van der Waals surface area (Å²) in [5, 5.41) is 16.0. The lowest BCUT2D eigenvalue weighted by molar-refractivity contribution is -0.118. The lowest BCUT2D eigenvalue weighted by Gasteiger charge is -2.18. The monoisotopic (exact) mass is 409 g/mol. The van der Waals surface area contributed by atoms with E-state index in [1.54, 1.807) is 49.4 Å². The van der Waals surface area contributed by atoms with Gasteiger partial charge in [0, 0.05) is 11.8 Å². The number of fused-ring (bicyclic) bond motifs is 1. The van der Waals surface area contributed by atoms with Crippen molar-refractivity contribution in [2.24, 2.45) is 0 Å². The van der Waals surface area contributed by atoms with Crippen LogP contribution in [0.4, 0.5) is 11.4 Å². The number of anilines is 2. The Bertz CT molecular complexity index is 1120. The Morgan fingerprint density at radius 1 is 1.30 bits per heavy atom. The van der Waals surface area contributed by atoms with Gasteiger partial charge in [-0.2, -0.15) is 0 Å². The van der Waals surface area contributed by atoms with Crippen molar-refractivity contribution in [3.05, 3.63) is 65.4 Å². The quantitative estimate of drug-likeness (QED) is 0.592. The summed E-state index contributed by atoms with van der Waals surface area (Å²) in [6.45, 7) is 1.51. The zero-order valence-corrected chi connectivity index (χ0v) is 16.3. The number of aliphatic hydroxyl groups is 1. The van der Waals surface area contributed by atoms with E-state index >= 15 is 0 Å². The topological polar surface area (TPSA) is 123 Å². The van der Waals surface area contributed by atoms with Gasteiger partial charge in [-0.25, -0.2) is 4.98 Å². The Morgan fingerprint density at radius 3 is 2.93 bits per heavy atom. The number of carbonyl (C=O) groups is 2. The minimum absolute atomic E-state index is 0.00221. The van der Waals surface area contributed by atoms with E-state index in [9.17, 15) is 14.7 Å². The van der Waals surface area contributed by atoms with Gasteiger partial charge in [0.15, 0.2) is 18.4 Å². The molecule has 0 saturated carbocycles. The smallest absolute Gasteiger partial charge is 0.277 e. The van der Waals surface area contributed by atoms with Crippen LogP contribution in [-0.2, 0) is 4.79 Å². The minimum atomic E-state index is -1.15. The van der Waals surface area contributed by atoms with Crippen molar-refractivity contribution in [2.45, 2.75) is 13.0 Å². The molecule has 1 aliphatic rings. The van der Waals surface area contributed by atoms with E-state index in [-0.39, 0.29) is 29.9 Å². The number of aromatic nitrogens is 1. The van der Waals surface area contributed by atoms with E-state index in [0.29, 0.717) is 28.4 Å². The third-order valence-electron chi connectivity index (χ3n) is 4.54. The van der Waals surface area contributed by atoms with Gasteiger partial charge >= 0.3 is 0 Å². The first-order chi connectivity index (χ1) is 14.4. The summed E-state index contributed by atoms with van der Waals surface area (Å²) in [6.07, 6.45) is -1.15. The van der Waals surface area contributed by atoms with E-state index in [4.69, 9.17) is 13.9 Å². The van der Waals surface area contributed by atoms with Crippen LogP contribution in [0.3, 0.4) is 0 Å². The predicted octanol–water partition coefficient (Wildman–Crippen LogP) is 2.66. The molecule has 4 rings (SSSR count). The maximum atomic E-state index is 12.7. The summed E-state index contributed by atoms with van der Waals surface area (Å²) in [4.78, 5) is 28.2. The third kappa shape index (κ3) is 3.83. The van der Waals surface area contributed by atoms with Crippen LogP contribution in [0, 0.1) is 6.92 Å². The number of ether oxygens (including phenoxy) is 2. The zero-order chi connectivity index (χ0) is 21.3. The van der Waals surface area contributed by atoms with E-state index < -0.39 is 12.0 Å². The Hall–Kier alpha value is -3.85. The molecule has 3 aromatic rings. The van der Waals surface area contributed by atoms with Gasteiger partial charge in [-0.3, -0.25) is 9.59 Å². The molecule has 0 spiro atoms. The maximum Gasteiger partial charge on any atom is 0.277 e. The second kappa shape index (κ2) is 7.88. The molecule has 0 radical (unpaired) electrons. The molecule has 2 amide bonds. The highest BCUT2D eigenvalue weighted by Crippen LogP contribution is 2.31. The van der Waals surface area contributed by atoms with Gasteiger partial charge in [-0.05, 0) is 36.8 Å². The van der Waals surface area contributed by atoms with E-state index in [1.165, 1.54) is 7.11 Å². The number of amides is 2. The second-order valence-corrected chi connectivity index (χ2v) is 6.64. The number of aryl methyl sites for hydroxylation is 1. The molecule has 0 saturated heterocycles. The predicted molar refractivity (Wildman–Crippen MR) is 107 cm³/mol. The number of methoxy groups -OCH3 is 1. The molecule has 154 valence electrons. The number of aliphatic hydroxyl groups excluding tert-OH is 1. The number of rotatable bonds is 5. The Morgan fingerprint density at radius 2 is 2.13 bits per heavy atom. The summed E-state index contributed by atoms with van der Waals surface area (Å²) >= 11 is 0. The van der Waals surface area contributed by atoms with Crippen LogP contribution in [0.1, 0.15) is 33.8 Å². The van der Waals surface area contributed by atoms with E-state index in [1.807, 2.05) is 0 Å². The van der Waals surface area contributed by atoms with Gasteiger partial charge in [0.2, 0.25) is 5.89 Å². The number of carbonyl (C=O) groups excluding carboxylic acids is 2. The molecule has 1 atom stereocenters. The maximum absolute atomic E-state index is 12.7. The molecule has 2 heterocycles. The molecule has 0 aliphatic carbocycles. The van der Waals surface area contributed by atoms with Gasteiger partial charge in [0.25, 0.3) is 11.8 Å². The fourth-order valence-corrected chi connectivity index (χ4v) is 3.04. The number of nitrogens with one attached hydrogen (secondary N) is 2. The van der Waals surface area contributed by atoms with Crippen molar-refractivity contribution in [1.29, 1.82) is 0 Å². The van der Waals surface area contributed by atoms with Crippen LogP contribution in [0.15, 0.2) is 46.9 Å². The lowest BCUT2D eigenvalue weighted by atomic mass is 10.1. The van der Waals surface area contributed by atoms with Crippen LogP contribution >= 0.6 is 0 Å². The zero-order valence-electron chi connectivity index (χ0n) is 16.3. The standard InChI is InChI=1S/C21H19N3O6/c1-11-18(24-21(30-11)19(26)12-4-3-5-14(8-12)28-2)20(27)22-13-6-7-15-16(9-13)29-10-17(25)23-15/h3-9,19,26H,10H2,1-2H3,(H,22,27)(H,23,25). The highest BCUT2D eigenvalue weighted by Gasteiger charge is 2.24. The summed E-state index contributed by atoms with van der Waals surface area (Å²) in [7, 11) is 1.53. The van der Waals surface area contributed by atoms with Crippen molar-refractivity contribution >= 4 is 23.2 Å². The van der Waals surface area contributed by atoms with Gasteiger partial charge in [0.05, 0.1) is 12.8 Å². The SMILES string of the molecule is COc1cccc(C(O)c2nc(C(=O)Nc3ccc4c(c3)OCC(=O)N4)c(C)o2)c1. The van der Waals surface area contributed by atoms with Crippen LogP contribution in [-0.4, -0.2) is 35.6 Å². The molecule has 30 heavy (non-hydrogen) atoms. The van der Waals surface area contributed by atoms with Gasteiger partial charge < -0.3 is 29.6 Å². The molecule has 9 heteroatoms. The molecular formula is C21H19N3O6. The average molecular weight is 409 g/mol. The van der Waals surface area contributed by atoms with Gasteiger partial charge in [0.1, 0.15) is 17.3 Å². The van der Waals surface area contributed by atoms with Crippen molar-refractivity contribution in [2.75, 3.05) is 24.4 Å². The van der Waals surface area contributed by atoms with Crippen molar-refractivity contribution in [3.8, 4) is 11.5 Å². The minimum Gasteiger partial charge on any atom is -0.497 e. The van der Waals surface area contributed by atoms with Crippen LogP contribution < -0.4 is 20.1 Å². The number of nitrogens with zero attached hydrogens (tertiary/aromatic N) is 1. The molecule has 0 bridgehead atoms. The molecule has 0 fully saturated rings. The number of hydrogen-bond acceptors (Lipinski definition) is 7. The second-order valence-electron chi connectivity index (χ2n) is 6.64. The molecule has 3 N–H and O–H groups in total. The fraction of sp³-hybridized carbons (Fsp3) is 0.190. The fourth-order valence-electron chi connectivity index (χ4n) is 3.04. The highest BCUT2D eigenvalue weighted by atomic mass is 16.5. The molecule has 2 aromatic carbocycles. The average Bonchev–Trinajstić information content (AvgIpc) is 3.15. The number of hydrogen-bond donors (Lipinski definition) is 3. The van der Waals surface area contributed by atoms with Crippen LogP contribution in [0.5, 0.6) is 11.5 Å². The number of oxazole rings is 1. The van der Waals surface area contributed by atoms with Gasteiger partial charge in [-0.15, -0.1) is 0 Å².